The van der Waals surface area contributed by atoms with Crippen LogP contribution in [0.25, 0.3) is 21.5 Å². The monoisotopic (exact) mass is 509 g/mol. The fraction of sp³-hybridized carbons (Fsp3) is 0.286. The van der Waals surface area contributed by atoms with E-state index in [0.717, 1.165) is 53.6 Å². The second-order valence-corrected chi connectivity index (χ2v) is 12.7. The van der Waals surface area contributed by atoms with Crippen molar-refractivity contribution in [2.75, 3.05) is 6.54 Å². The van der Waals surface area contributed by atoms with Crippen LogP contribution >= 0.6 is 0 Å². The summed E-state index contributed by atoms with van der Waals surface area (Å²) in [5.41, 5.74) is 0. The average Bonchev–Trinajstić information content (AvgIpc) is 2.87. The summed E-state index contributed by atoms with van der Waals surface area (Å²) in [6.45, 7) is 2.05. The number of rotatable bonds is 11. The highest BCUT2D eigenvalue weighted by Gasteiger charge is 2.36. The Kier molecular flexibility index (Phi) is 7.89. The van der Waals surface area contributed by atoms with Gasteiger partial charge in [-0.2, -0.15) is 0 Å². The van der Waals surface area contributed by atoms with Crippen molar-refractivity contribution in [3.05, 3.63) is 84.9 Å². The first-order valence-corrected chi connectivity index (χ1v) is 15.0. The molecule has 0 N–H and O–H groups in total. The minimum atomic E-state index is -4.30. The molecule has 0 amide bonds. The molecule has 0 unspecified atom stereocenters. The molecule has 0 radical (unpaired) electrons. The molecule has 7 heteroatoms. The second kappa shape index (κ2) is 10.9. The number of nitrogens with zero attached hydrogens (tertiary/aromatic N) is 1. The SMILES string of the molecule is CCCCCCCCN(S(=O)(=O)c1ccc2ccccc2c1)S(=O)(=O)c1ccc2ccccc2c1. The molecule has 0 saturated heterocycles. The van der Waals surface area contributed by atoms with Gasteiger partial charge in [-0.05, 0) is 52.2 Å². The van der Waals surface area contributed by atoms with Crippen molar-refractivity contribution < 1.29 is 16.8 Å². The minimum Gasteiger partial charge on any atom is -0.206 e. The zero-order chi connectivity index (χ0) is 24.9. The Morgan fingerprint density at radius 1 is 0.543 bits per heavy atom. The quantitative estimate of drug-likeness (QED) is 0.210. The number of sulfonamides is 2. The van der Waals surface area contributed by atoms with E-state index in [9.17, 15) is 16.8 Å². The van der Waals surface area contributed by atoms with Crippen molar-refractivity contribution in [2.45, 2.75) is 55.2 Å². The van der Waals surface area contributed by atoms with Gasteiger partial charge in [-0.3, -0.25) is 0 Å². The lowest BCUT2D eigenvalue weighted by Crippen LogP contribution is -2.37. The van der Waals surface area contributed by atoms with E-state index in [1.807, 2.05) is 48.5 Å². The molecule has 5 nitrogen and oxygen atoms in total. The van der Waals surface area contributed by atoms with Crippen LogP contribution in [0.5, 0.6) is 0 Å². The van der Waals surface area contributed by atoms with Gasteiger partial charge in [0.25, 0.3) is 20.0 Å². The zero-order valence-corrected chi connectivity index (χ0v) is 21.6. The minimum absolute atomic E-state index is 0.0217. The molecule has 4 aromatic carbocycles. The van der Waals surface area contributed by atoms with Gasteiger partial charge in [0.2, 0.25) is 0 Å². The summed E-state index contributed by atoms with van der Waals surface area (Å²) in [4.78, 5) is -0.0434. The van der Waals surface area contributed by atoms with Crippen molar-refractivity contribution in [3.8, 4) is 0 Å². The van der Waals surface area contributed by atoms with Crippen molar-refractivity contribution in [1.29, 1.82) is 0 Å². The smallest absolute Gasteiger partial charge is 0.206 e. The summed E-state index contributed by atoms with van der Waals surface area (Å²) < 4.78 is 55.8. The van der Waals surface area contributed by atoms with Crippen molar-refractivity contribution in [2.24, 2.45) is 0 Å². The van der Waals surface area contributed by atoms with Crippen LogP contribution < -0.4 is 0 Å². The van der Waals surface area contributed by atoms with Gasteiger partial charge < -0.3 is 0 Å². The molecule has 35 heavy (non-hydrogen) atoms. The van der Waals surface area contributed by atoms with Crippen LogP contribution in [0.15, 0.2) is 94.7 Å². The zero-order valence-electron chi connectivity index (χ0n) is 19.9. The predicted molar refractivity (Wildman–Crippen MR) is 142 cm³/mol. The van der Waals surface area contributed by atoms with E-state index in [-0.39, 0.29) is 16.3 Å². The van der Waals surface area contributed by atoms with Crippen LogP contribution in [0.4, 0.5) is 0 Å². The van der Waals surface area contributed by atoms with Gasteiger partial charge in [-0.25, -0.2) is 16.8 Å². The summed E-state index contributed by atoms with van der Waals surface area (Å²) >= 11 is 0. The van der Waals surface area contributed by atoms with Crippen LogP contribution in [-0.4, -0.2) is 27.1 Å². The maximum atomic E-state index is 13.8. The van der Waals surface area contributed by atoms with Crippen LogP contribution in [0, 0.1) is 0 Å². The highest BCUT2D eigenvalue weighted by Crippen LogP contribution is 2.29. The van der Waals surface area contributed by atoms with Crippen molar-refractivity contribution >= 4 is 41.6 Å². The summed E-state index contributed by atoms with van der Waals surface area (Å²) in [6, 6.07) is 24.4. The third-order valence-corrected chi connectivity index (χ3v) is 10.6. The van der Waals surface area contributed by atoms with E-state index in [0.29, 0.717) is 10.1 Å². The molecule has 0 saturated carbocycles. The fourth-order valence-corrected chi connectivity index (χ4v) is 8.07. The lowest BCUT2D eigenvalue weighted by atomic mass is 10.1. The van der Waals surface area contributed by atoms with E-state index < -0.39 is 20.0 Å². The van der Waals surface area contributed by atoms with E-state index in [4.69, 9.17) is 0 Å². The van der Waals surface area contributed by atoms with Crippen LogP contribution in [0.1, 0.15) is 45.4 Å². The largest absolute Gasteiger partial charge is 0.256 e. The number of unbranched alkanes of at least 4 members (excludes halogenated alkanes) is 5. The summed E-state index contributed by atoms with van der Waals surface area (Å²) in [5, 5.41) is 3.28. The Hall–Kier alpha value is -2.74. The van der Waals surface area contributed by atoms with Gasteiger partial charge in [0.1, 0.15) is 0 Å². The number of hydrogen-bond donors (Lipinski definition) is 0. The summed E-state index contributed by atoms with van der Waals surface area (Å²) in [7, 11) is -8.61. The number of benzene rings is 4. The Labute approximate surface area is 208 Å². The predicted octanol–water partition coefficient (Wildman–Crippen LogP) is 6.73. The topological polar surface area (TPSA) is 71.5 Å². The molecule has 0 aliphatic heterocycles. The van der Waals surface area contributed by atoms with E-state index >= 15 is 0 Å². The van der Waals surface area contributed by atoms with Crippen LogP contribution in [-0.2, 0) is 20.0 Å². The van der Waals surface area contributed by atoms with Gasteiger partial charge in [0.05, 0.1) is 9.79 Å². The molecular weight excluding hydrogens is 478 g/mol. The average molecular weight is 510 g/mol. The first-order chi connectivity index (χ1) is 16.8. The molecular formula is C28H31NO4S2. The van der Waals surface area contributed by atoms with Crippen LogP contribution in [0.3, 0.4) is 0 Å². The molecule has 0 spiro atoms. The van der Waals surface area contributed by atoms with Gasteiger partial charge in [-0.15, -0.1) is 0 Å². The van der Waals surface area contributed by atoms with E-state index in [2.05, 4.69) is 6.92 Å². The Bertz CT molecular complexity index is 1420. The van der Waals surface area contributed by atoms with Crippen molar-refractivity contribution in [1.82, 2.24) is 3.71 Å². The first kappa shape index (κ1) is 25.4. The third kappa shape index (κ3) is 5.58. The lowest BCUT2D eigenvalue weighted by Gasteiger charge is -2.22. The number of fused-ring (bicyclic) bond motifs is 2. The van der Waals surface area contributed by atoms with Gasteiger partial charge in [0.15, 0.2) is 0 Å². The molecule has 0 heterocycles. The van der Waals surface area contributed by atoms with E-state index in [1.54, 1.807) is 24.3 Å². The highest BCUT2D eigenvalue weighted by atomic mass is 32.3. The van der Waals surface area contributed by atoms with Gasteiger partial charge in [-0.1, -0.05) is 103 Å². The molecule has 0 fully saturated rings. The molecule has 0 aliphatic rings. The summed E-state index contributed by atoms with van der Waals surface area (Å²) in [6.07, 6.45) is 5.49. The standard InChI is InChI=1S/C28H31NO4S2/c1-2-3-4-5-6-11-20-29(34(30,31)27-18-16-23-12-7-9-14-25(23)21-27)35(32,33)28-19-17-24-13-8-10-15-26(24)22-28/h7-10,12-19,21-22H,2-6,11,20H2,1H3. The second-order valence-electron chi connectivity index (χ2n) is 8.79. The fourth-order valence-electron chi connectivity index (χ4n) is 4.28. The van der Waals surface area contributed by atoms with Crippen molar-refractivity contribution in [3.63, 3.8) is 0 Å². The maximum Gasteiger partial charge on any atom is 0.256 e. The lowest BCUT2D eigenvalue weighted by molar-refractivity contribution is 0.479. The molecule has 0 aliphatic carbocycles. The Balaban J connectivity index is 1.72. The van der Waals surface area contributed by atoms with Crippen LogP contribution in [0.2, 0.25) is 0 Å². The molecule has 4 rings (SSSR count). The Morgan fingerprint density at radius 3 is 1.46 bits per heavy atom. The Morgan fingerprint density at radius 2 is 0.971 bits per heavy atom. The molecule has 0 atom stereocenters. The maximum absolute atomic E-state index is 13.8. The molecule has 4 aromatic rings. The third-order valence-electron chi connectivity index (χ3n) is 6.27. The van der Waals surface area contributed by atoms with Gasteiger partial charge >= 0.3 is 0 Å². The summed E-state index contributed by atoms with van der Waals surface area (Å²) in [5.74, 6) is 0. The molecule has 184 valence electrons. The molecule has 0 bridgehead atoms. The van der Waals surface area contributed by atoms with Gasteiger partial charge in [0, 0.05) is 6.54 Å². The first-order valence-electron chi connectivity index (χ1n) is 12.1. The molecule has 0 aromatic heterocycles. The number of hydrogen-bond acceptors (Lipinski definition) is 4. The highest BCUT2D eigenvalue weighted by molar-refractivity contribution is 8.04. The normalized spacial score (nSPS) is 12.5. The van der Waals surface area contributed by atoms with E-state index in [1.165, 1.54) is 12.1 Å².